The van der Waals surface area contributed by atoms with Crippen LogP contribution in [0.15, 0.2) is 133 Å². The largest absolute Gasteiger partial charge is 0.508 e. The highest BCUT2D eigenvalue weighted by Crippen LogP contribution is 2.53. The number of aryl methyl sites for hydroxylation is 4. The van der Waals surface area contributed by atoms with Gasteiger partial charge in [-0.3, -0.25) is 9.59 Å². The smallest absolute Gasteiger partial charge is 0.344 e. The van der Waals surface area contributed by atoms with Gasteiger partial charge in [0.15, 0.2) is 0 Å². The van der Waals surface area contributed by atoms with Crippen molar-refractivity contribution >= 4 is 23.9 Å². The van der Waals surface area contributed by atoms with Gasteiger partial charge in [-0.1, -0.05) is 299 Å². The first-order valence-electron chi connectivity index (χ1n) is 41.1. The van der Waals surface area contributed by atoms with Crippen molar-refractivity contribution in [2.75, 3.05) is 13.2 Å². The molecule has 0 saturated heterocycles. The van der Waals surface area contributed by atoms with Gasteiger partial charge in [0.25, 0.3) is 0 Å². The molecule has 0 amide bonds. The van der Waals surface area contributed by atoms with Crippen LogP contribution in [-0.2, 0) is 86.1 Å². The first kappa shape index (κ1) is 90.8. The average Bonchev–Trinajstić information content (AvgIpc) is 0.721. The molecule has 0 aliphatic heterocycles. The highest BCUT2D eigenvalue weighted by Gasteiger charge is 2.41. The zero-order valence-corrected chi connectivity index (χ0v) is 75.5. The minimum absolute atomic E-state index is 0.0656. The number of aromatic hydroxyl groups is 5. The number of carbonyl (C=O) groups excluding carboxylic acids is 3. The molecule has 0 saturated carbocycles. The molecule has 13 nitrogen and oxygen atoms in total. The standard InChI is InChI=1S/C104H130O13/c1-59-43-63(51-65-45-61(3)49-79(91(65)110)101(23,24)25)87(77(47-59)99(17,18)19)89-71(93(112)113)35-36-72(90(89)88-64(44-60(2)48-78(88)100(20,21)22)52-66-46-62(4)50-80(92(66)111)102(26,27)28)94(114)117-84-40-34-70(56-76(84)98(14,15)16)104(30,69-33-39-83(107)75(55-69)97(11,12)13)58-86(109)116-42-41-115-85(108)57-103(29,67-31-37-81(105)73(53-67)95(5,6)7)68-32-38-82(106)74(54-68)96(8,9)10/h31-40,43-50,53-56,105-107,110-111H,41-42,51-52,57-58H2,1-30H3,(H,112,113). The summed E-state index contributed by atoms with van der Waals surface area (Å²) in [7, 11) is 0. The number of ether oxygens (including phenoxy) is 3. The van der Waals surface area contributed by atoms with Crippen LogP contribution < -0.4 is 4.74 Å². The predicted molar refractivity (Wildman–Crippen MR) is 474 cm³/mol. The number of aromatic carboxylic acids is 1. The molecule has 0 aliphatic rings. The molecule has 0 radical (unpaired) electrons. The molecule has 9 rings (SSSR count). The molecule has 6 N–H and O–H groups in total. The van der Waals surface area contributed by atoms with E-state index in [1.54, 1.807) is 48.5 Å². The van der Waals surface area contributed by atoms with E-state index in [0.717, 1.165) is 66.8 Å². The number of carboxylic acid groups (broad SMARTS) is 1. The summed E-state index contributed by atoms with van der Waals surface area (Å²) < 4.78 is 19.1. The van der Waals surface area contributed by atoms with Crippen LogP contribution in [0, 0.1) is 27.7 Å². The highest BCUT2D eigenvalue weighted by molar-refractivity contribution is 6.11. The first-order valence-corrected chi connectivity index (χ1v) is 41.1. The summed E-state index contributed by atoms with van der Waals surface area (Å²) in [6.45, 7) is 60.4. The maximum Gasteiger partial charge on any atom is 0.344 e. The Morgan fingerprint density at radius 2 is 0.573 bits per heavy atom. The Kier molecular flexibility index (Phi) is 25.3. The van der Waals surface area contributed by atoms with E-state index in [2.05, 4.69) is 107 Å². The molecule has 1 unspecified atom stereocenters. The van der Waals surface area contributed by atoms with Crippen LogP contribution >= 0.6 is 0 Å². The van der Waals surface area contributed by atoms with E-state index in [1.807, 2.05) is 179 Å². The van der Waals surface area contributed by atoms with Crippen molar-refractivity contribution < 1.29 is 64.0 Å². The Bertz CT molecular complexity index is 5270. The van der Waals surface area contributed by atoms with Crippen LogP contribution in [0.4, 0.5) is 0 Å². The maximum atomic E-state index is 16.7. The molecule has 1 atom stereocenters. The Labute approximate surface area is 697 Å². The molecule has 0 fully saturated rings. The lowest BCUT2D eigenvalue weighted by molar-refractivity contribution is -0.153. The minimum atomic E-state index is -1.23. The Hall–Kier alpha value is -10.1. The van der Waals surface area contributed by atoms with Gasteiger partial charge in [0, 0.05) is 40.4 Å². The van der Waals surface area contributed by atoms with Gasteiger partial charge >= 0.3 is 23.9 Å². The van der Waals surface area contributed by atoms with Crippen LogP contribution in [0.1, 0.15) is 325 Å². The lowest BCUT2D eigenvalue weighted by Gasteiger charge is -2.34. The zero-order valence-electron chi connectivity index (χ0n) is 75.5. The molecule has 9 aromatic carbocycles. The molecule has 13 heteroatoms. The third-order valence-corrected chi connectivity index (χ3v) is 23.1. The number of benzene rings is 9. The number of phenols is 5. The summed E-state index contributed by atoms with van der Waals surface area (Å²) in [6.07, 6.45) is -0.0170. The molecule has 117 heavy (non-hydrogen) atoms. The normalized spacial score (nSPS) is 13.3. The van der Waals surface area contributed by atoms with Gasteiger partial charge in [-0.15, -0.1) is 0 Å². The fraction of sp³-hybridized carbons (Fsp3) is 0.442. The molecular formula is C104H130O13. The van der Waals surface area contributed by atoms with Crippen molar-refractivity contribution in [1.82, 2.24) is 0 Å². The zero-order chi connectivity index (χ0) is 87.7. The van der Waals surface area contributed by atoms with Crippen molar-refractivity contribution in [3.63, 3.8) is 0 Å². The summed E-state index contributed by atoms with van der Waals surface area (Å²) in [5.41, 5.74) is 10.3. The van der Waals surface area contributed by atoms with Gasteiger partial charge in [-0.25, -0.2) is 9.59 Å². The second-order valence-electron chi connectivity index (χ2n) is 41.7. The highest BCUT2D eigenvalue weighted by atomic mass is 16.6. The van der Waals surface area contributed by atoms with Crippen LogP contribution in [0.2, 0.25) is 0 Å². The lowest BCUT2D eigenvalue weighted by atomic mass is 9.70. The van der Waals surface area contributed by atoms with E-state index in [9.17, 15) is 45.0 Å². The topological polar surface area (TPSA) is 217 Å². The molecule has 9 aromatic rings. The molecule has 624 valence electrons. The van der Waals surface area contributed by atoms with Gasteiger partial charge in [-0.05, 0) is 202 Å². The maximum absolute atomic E-state index is 16.7. The number of hydrogen-bond acceptors (Lipinski definition) is 12. The second-order valence-corrected chi connectivity index (χ2v) is 41.7. The summed E-state index contributed by atoms with van der Waals surface area (Å²) in [5.74, 6) is -2.37. The summed E-state index contributed by atoms with van der Waals surface area (Å²) in [6, 6.07) is 41.0. The van der Waals surface area contributed by atoms with E-state index < -0.39 is 78.0 Å². The van der Waals surface area contributed by atoms with Crippen LogP contribution in [0.25, 0.3) is 22.3 Å². The first-order chi connectivity index (χ1) is 53.6. The minimum Gasteiger partial charge on any atom is -0.508 e. The molecule has 0 bridgehead atoms. The SMILES string of the molecule is Cc1cc(Cc2cc(C)cc(C(C)(C)C)c2-c2c(C(=O)O)ccc(C(=O)Oc3ccc(C(C)(CC(=O)OCCOC(=O)CC(C)(c4ccc(O)c(C(C)(C)C)c4)c4ccc(O)c(C(C)(C)C)c4)c4ccc(O)c(C(C)(C)C)c4)cc3C(C)(C)C)c2-c2c(Cc3cc(C)cc(C(C)(C)C)c3O)cc(C)cc2C(C)(C)C)c(O)c(C(C)(C)C)c1. The molecule has 0 aliphatic carbocycles. The number of carboxylic acids is 1. The number of rotatable bonds is 20. The van der Waals surface area contributed by atoms with Crippen molar-refractivity contribution in [1.29, 1.82) is 0 Å². The van der Waals surface area contributed by atoms with Gasteiger partial charge in [0.05, 0.1) is 24.0 Å². The van der Waals surface area contributed by atoms with E-state index in [-0.39, 0.29) is 84.5 Å². The average molecular weight is 1590 g/mol. The van der Waals surface area contributed by atoms with Crippen LogP contribution in [0.3, 0.4) is 0 Å². The summed E-state index contributed by atoms with van der Waals surface area (Å²) in [4.78, 5) is 60.8. The number of phenolic OH excluding ortho intramolecular Hbond substituents is 5. The summed E-state index contributed by atoms with van der Waals surface area (Å²) in [5, 5.41) is 70.8. The lowest BCUT2D eigenvalue weighted by Crippen LogP contribution is -2.31. The number of carbonyl (C=O) groups is 4. The van der Waals surface area contributed by atoms with Gasteiger partial charge < -0.3 is 44.8 Å². The van der Waals surface area contributed by atoms with Crippen molar-refractivity contribution in [2.45, 2.75) is 288 Å². The van der Waals surface area contributed by atoms with E-state index in [1.165, 1.54) is 6.07 Å². The quantitative estimate of drug-likeness (QED) is 0.0238. The van der Waals surface area contributed by atoms with E-state index in [0.29, 0.717) is 66.8 Å². The third kappa shape index (κ3) is 19.8. The fourth-order valence-corrected chi connectivity index (χ4v) is 16.7. The molecule has 0 spiro atoms. The van der Waals surface area contributed by atoms with Crippen LogP contribution in [0.5, 0.6) is 34.5 Å². The Balaban J connectivity index is 1.21. The number of esters is 3. The van der Waals surface area contributed by atoms with Crippen molar-refractivity contribution in [3.05, 3.63) is 256 Å². The van der Waals surface area contributed by atoms with Crippen LogP contribution in [-0.4, -0.2) is 67.7 Å². The Morgan fingerprint density at radius 1 is 0.299 bits per heavy atom. The Morgan fingerprint density at radius 3 is 0.880 bits per heavy atom. The predicted octanol–water partition coefficient (Wildman–Crippen LogP) is 24.4. The number of hydrogen-bond donors (Lipinski definition) is 6. The molecule has 0 aromatic heterocycles. The van der Waals surface area contributed by atoms with Crippen molar-refractivity contribution in [2.24, 2.45) is 0 Å². The third-order valence-electron chi connectivity index (χ3n) is 23.1. The van der Waals surface area contributed by atoms with Gasteiger partial charge in [0.1, 0.15) is 47.7 Å². The second kappa shape index (κ2) is 32.6. The monoisotopic (exact) mass is 1590 g/mol. The summed E-state index contributed by atoms with van der Waals surface area (Å²) >= 11 is 0. The molecular weight excluding hydrogens is 1460 g/mol. The fourth-order valence-electron chi connectivity index (χ4n) is 16.7. The van der Waals surface area contributed by atoms with Gasteiger partial charge in [-0.2, -0.15) is 0 Å². The van der Waals surface area contributed by atoms with E-state index in [4.69, 9.17) is 14.2 Å². The molecule has 0 heterocycles. The van der Waals surface area contributed by atoms with Crippen molar-refractivity contribution in [3.8, 4) is 56.8 Å². The van der Waals surface area contributed by atoms with E-state index >= 15 is 4.79 Å². The van der Waals surface area contributed by atoms with Gasteiger partial charge in [0.2, 0.25) is 0 Å².